The van der Waals surface area contributed by atoms with Crippen molar-refractivity contribution in [1.82, 2.24) is 9.97 Å². The molecule has 0 saturated carbocycles. The van der Waals surface area contributed by atoms with E-state index >= 15 is 0 Å². The predicted octanol–water partition coefficient (Wildman–Crippen LogP) is 4.22. The van der Waals surface area contributed by atoms with Gasteiger partial charge in [0.15, 0.2) is 0 Å². The van der Waals surface area contributed by atoms with Crippen molar-refractivity contribution in [1.29, 1.82) is 0 Å². The summed E-state index contributed by atoms with van der Waals surface area (Å²) in [5.74, 6) is 0. The van der Waals surface area contributed by atoms with Gasteiger partial charge in [0.25, 0.3) is 0 Å². The second kappa shape index (κ2) is 6.59. The Balaban J connectivity index is 1.67. The summed E-state index contributed by atoms with van der Waals surface area (Å²) in [5.41, 5.74) is 2.15. The quantitative estimate of drug-likeness (QED) is 0.565. The van der Waals surface area contributed by atoms with Crippen molar-refractivity contribution >= 4 is 28.4 Å². The van der Waals surface area contributed by atoms with Gasteiger partial charge in [-0.2, -0.15) is 0 Å². The van der Waals surface area contributed by atoms with Crippen LogP contribution in [0.25, 0.3) is 10.9 Å². The van der Waals surface area contributed by atoms with Gasteiger partial charge in [-0.15, -0.1) is 11.8 Å². The molecular formula is C17H17N3S. The largest absolute Gasteiger partial charge is 0.384 e. The number of thioether (sulfide) groups is 1. The van der Waals surface area contributed by atoms with Gasteiger partial charge in [0.2, 0.25) is 0 Å². The molecule has 0 radical (unpaired) electrons. The second-order valence-electron chi connectivity index (χ2n) is 4.87. The van der Waals surface area contributed by atoms with Crippen LogP contribution in [-0.2, 0) is 0 Å². The van der Waals surface area contributed by atoms with E-state index in [2.05, 4.69) is 40.4 Å². The summed E-state index contributed by atoms with van der Waals surface area (Å²) in [5, 5.41) is 6.03. The molecule has 4 heteroatoms. The number of hydrogen-bond acceptors (Lipinski definition) is 4. The zero-order valence-electron chi connectivity index (χ0n) is 11.9. The highest BCUT2D eigenvalue weighted by atomic mass is 32.2. The fourth-order valence-corrected chi connectivity index (χ4v) is 3.08. The number of anilines is 1. The van der Waals surface area contributed by atoms with Crippen LogP contribution in [0.1, 0.15) is 6.92 Å². The summed E-state index contributed by atoms with van der Waals surface area (Å²) in [7, 11) is 0. The average Bonchev–Trinajstić information content (AvgIpc) is 2.54. The van der Waals surface area contributed by atoms with Gasteiger partial charge in [0.1, 0.15) is 11.4 Å². The Labute approximate surface area is 128 Å². The average molecular weight is 295 g/mol. The first-order chi connectivity index (χ1) is 10.3. The van der Waals surface area contributed by atoms with Crippen molar-refractivity contribution in [3.63, 3.8) is 0 Å². The lowest BCUT2D eigenvalue weighted by atomic mass is 10.2. The Morgan fingerprint density at radius 2 is 1.76 bits per heavy atom. The lowest BCUT2D eigenvalue weighted by molar-refractivity contribution is 0.988. The molecule has 0 aliphatic heterocycles. The molecule has 0 aliphatic rings. The van der Waals surface area contributed by atoms with Crippen LogP contribution >= 0.6 is 11.8 Å². The Kier molecular flexibility index (Phi) is 4.36. The van der Waals surface area contributed by atoms with Crippen molar-refractivity contribution in [2.45, 2.75) is 17.2 Å². The van der Waals surface area contributed by atoms with E-state index in [1.54, 1.807) is 18.1 Å². The van der Waals surface area contributed by atoms with E-state index in [1.165, 1.54) is 0 Å². The number of para-hydroxylation sites is 2. The van der Waals surface area contributed by atoms with Gasteiger partial charge in [-0.3, -0.25) is 0 Å². The number of nitrogens with zero attached hydrogens (tertiary/aromatic N) is 2. The monoisotopic (exact) mass is 295 g/mol. The van der Waals surface area contributed by atoms with Crippen molar-refractivity contribution in [2.75, 3.05) is 11.9 Å². The van der Waals surface area contributed by atoms with Crippen molar-refractivity contribution in [3.05, 3.63) is 60.9 Å². The lowest BCUT2D eigenvalue weighted by Gasteiger charge is -2.13. The molecular weight excluding hydrogens is 278 g/mol. The van der Waals surface area contributed by atoms with E-state index in [0.29, 0.717) is 5.25 Å². The van der Waals surface area contributed by atoms with Gasteiger partial charge in [-0.1, -0.05) is 43.3 Å². The third-order valence-corrected chi connectivity index (χ3v) is 4.30. The molecule has 1 unspecified atom stereocenters. The summed E-state index contributed by atoms with van der Waals surface area (Å²) in [6.07, 6.45) is 1.64. The molecule has 0 fully saturated rings. The number of aromatic nitrogens is 2. The van der Waals surface area contributed by atoms with Crippen LogP contribution < -0.4 is 5.32 Å². The first-order valence-electron chi connectivity index (χ1n) is 6.98. The number of rotatable bonds is 5. The molecule has 2 aromatic carbocycles. The number of nitrogens with one attached hydrogen (secondary N) is 1. The van der Waals surface area contributed by atoms with Gasteiger partial charge in [-0.25, -0.2) is 9.97 Å². The zero-order chi connectivity index (χ0) is 14.5. The first-order valence-corrected chi connectivity index (χ1v) is 7.86. The van der Waals surface area contributed by atoms with Gasteiger partial charge < -0.3 is 5.32 Å². The van der Waals surface area contributed by atoms with Gasteiger partial charge in [-0.05, 0) is 18.2 Å². The molecule has 1 N–H and O–H groups in total. The molecule has 0 spiro atoms. The highest BCUT2D eigenvalue weighted by Gasteiger charge is 2.09. The van der Waals surface area contributed by atoms with Gasteiger partial charge in [0.05, 0.1) is 5.52 Å². The fraction of sp³-hybridized carbons (Fsp3) is 0.176. The Hall–Kier alpha value is -2.07. The molecule has 106 valence electrons. The summed E-state index contributed by atoms with van der Waals surface area (Å²) in [6.45, 7) is 3.10. The van der Waals surface area contributed by atoms with Crippen LogP contribution in [0.3, 0.4) is 0 Å². The maximum atomic E-state index is 4.43. The fourth-order valence-electron chi connectivity index (χ4n) is 2.12. The smallest absolute Gasteiger partial charge is 0.117 e. The highest BCUT2D eigenvalue weighted by Crippen LogP contribution is 2.27. The van der Waals surface area contributed by atoms with Crippen molar-refractivity contribution < 1.29 is 0 Å². The molecule has 1 atom stereocenters. The Morgan fingerprint density at radius 1 is 1.00 bits per heavy atom. The normalized spacial score (nSPS) is 12.2. The third-order valence-electron chi connectivity index (χ3n) is 3.19. The maximum absolute atomic E-state index is 4.43. The molecule has 0 saturated heterocycles. The number of fused-ring (bicyclic) bond motifs is 1. The molecule has 3 aromatic rings. The van der Waals surface area contributed by atoms with E-state index in [4.69, 9.17) is 0 Å². The summed E-state index contributed by atoms with van der Waals surface area (Å²) >= 11 is 1.78. The SMILES string of the molecule is CC(CNc1ccccc1)Sc1ncnc2ccccc12. The molecule has 0 bridgehead atoms. The lowest BCUT2D eigenvalue weighted by Crippen LogP contribution is -2.13. The van der Waals surface area contributed by atoms with Crippen LogP contribution in [0, 0.1) is 0 Å². The number of hydrogen-bond donors (Lipinski definition) is 1. The summed E-state index contributed by atoms with van der Waals surface area (Å²) < 4.78 is 0. The minimum atomic E-state index is 0.420. The Bertz CT molecular complexity index is 710. The molecule has 21 heavy (non-hydrogen) atoms. The van der Waals surface area contributed by atoms with E-state index in [9.17, 15) is 0 Å². The minimum absolute atomic E-state index is 0.420. The first kappa shape index (κ1) is 13.9. The van der Waals surface area contributed by atoms with E-state index in [-0.39, 0.29) is 0 Å². The van der Waals surface area contributed by atoms with Crippen LogP contribution in [0.15, 0.2) is 66.0 Å². The van der Waals surface area contributed by atoms with Gasteiger partial charge >= 0.3 is 0 Å². The summed E-state index contributed by atoms with van der Waals surface area (Å²) in [4.78, 5) is 8.73. The molecule has 3 rings (SSSR count). The topological polar surface area (TPSA) is 37.8 Å². The molecule has 0 amide bonds. The molecule has 1 heterocycles. The van der Waals surface area contributed by atoms with Gasteiger partial charge in [0, 0.05) is 22.9 Å². The molecule has 1 aromatic heterocycles. The van der Waals surface area contributed by atoms with Crippen LogP contribution in [0.2, 0.25) is 0 Å². The molecule has 0 aliphatic carbocycles. The highest BCUT2D eigenvalue weighted by molar-refractivity contribution is 8.00. The summed E-state index contributed by atoms with van der Waals surface area (Å²) in [6, 6.07) is 18.4. The minimum Gasteiger partial charge on any atom is -0.384 e. The van der Waals surface area contributed by atoms with Crippen molar-refractivity contribution in [2.24, 2.45) is 0 Å². The van der Waals surface area contributed by atoms with E-state index in [0.717, 1.165) is 28.2 Å². The maximum Gasteiger partial charge on any atom is 0.117 e. The van der Waals surface area contributed by atoms with Crippen LogP contribution in [0.5, 0.6) is 0 Å². The second-order valence-corrected chi connectivity index (χ2v) is 6.30. The van der Waals surface area contributed by atoms with E-state index < -0.39 is 0 Å². The Morgan fingerprint density at radius 3 is 2.62 bits per heavy atom. The van der Waals surface area contributed by atoms with Crippen LogP contribution in [0.4, 0.5) is 5.69 Å². The molecule has 3 nitrogen and oxygen atoms in total. The number of benzene rings is 2. The third kappa shape index (κ3) is 3.52. The predicted molar refractivity (Wildman–Crippen MR) is 89.8 cm³/mol. The van der Waals surface area contributed by atoms with E-state index in [1.807, 2.05) is 36.4 Å². The zero-order valence-corrected chi connectivity index (χ0v) is 12.7. The standard InChI is InChI=1S/C17H17N3S/c1-13(11-18-14-7-3-2-4-8-14)21-17-15-9-5-6-10-16(15)19-12-20-17/h2-10,12-13,18H,11H2,1H3. The van der Waals surface area contributed by atoms with Crippen molar-refractivity contribution in [3.8, 4) is 0 Å². The van der Waals surface area contributed by atoms with Crippen LogP contribution in [-0.4, -0.2) is 21.8 Å².